The Balaban J connectivity index is 2.19. The Bertz CT molecular complexity index is 648. The summed E-state index contributed by atoms with van der Waals surface area (Å²) in [4.78, 5) is 24.1. The summed E-state index contributed by atoms with van der Waals surface area (Å²) in [5.41, 5.74) is 0.831. The van der Waals surface area contributed by atoms with Gasteiger partial charge < -0.3 is 20.2 Å². The Morgan fingerprint density at radius 2 is 1.91 bits per heavy atom. The fraction of sp³-hybridized carbons (Fsp3) is 0.125. The third-order valence-corrected chi connectivity index (χ3v) is 2.75. The summed E-state index contributed by atoms with van der Waals surface area (Å²) in [7, 11) is 0. The molecule has 0 unspecified atom stereocenters. The van der Waals surface area contributed by atoms with Gasteiger partial charge in [-0.1, -0.05) is 30.3 Å². The maximum atomic E-state index is 12.1. The van der Waals surface area contributed by atoms with Gasteiger partial charge in [0, 0.05) is 6.54 Å². The zero-order valence-electron chi connectivity index (χ0n) is 11.8. The molecule has 1 aromatic heterocycles. The lowest BCUT2D eigenvalue weighted by Crippen LogP contribution is -2.36. The van der Waals surface area contributed by atoms with Gasteiger partial charge in [0.25, 0.3) is 11.8 Å². The Morgan fingerprint density at radius 1 is 1.14 bits per heavy atom. The van der Waals surface area contributed by atoms with E-state index >= 15 is 0 Å². The predicted octanol–water partition coefficient (Wildman–Crippen LogP) is 1.16. The standard InChI is InChI=1S/C16H16N2O4/c19-9-8-17-15(20)13(11-12-5-2-1-3-6-12)18-16(21)14-7-4-10-22-14/h1-7,10-11,19H,8-9H2,(H,17,20)(H,18,21)/b13-11+. The van der Waals surface area contributed by atoms with Crippen molar-refractivity contribution in [1.29, 1.82) is 0 Å². The van der Waals surface area contributed by atoms with E-state index in [1.165, 1.54) is 12.3 Å². The van der Waals surface area contributed by atoms with E-state index in [0.29, 0.717) is 0 Å². The van der Waals surface area contributed by atoms with Crippen molar-refractivity contribution < 1.29 is 19.1 Å². The molecular weight excluding hydrogens is 284 g/mol. The normalized spacial score (nSPS) is 11.0. The molecule has 114 valence electrons. The van der Waals surface area contributed by atoms with Crippen LogP contribution in [0.2, 0.25) is 0 Å². The molecule has 22 heavy (non-hydrogen) atoms. The summed E-state index contributed by atoms with van der Waals surface area (Å²) in [6.45, 7) is -0.0852. The van der Waals surface area contributed by atoms with Crippen LogP contribution in [0.1, 0.15) is 16.1 Å². The molecule has 2 aromatic rings. The van der Waals surface area contributed by atoms with Crippen molar-refractivity contribution in [3.05, 3.63) is 65.7 Å². The van der Waals surface area contributed by atoms with Gasteiger partial charge in [0.05, 0.1) is 12.9 Å². The van der Waals surface area contributed by atoms with Gasteiger partial charge in [-0.15, -0.1) is 0 Å². The molecule has 0 saturated carbocycles. The monoisotopic (exact) mass is 300 g/mol. The quantitative estimate of drug-likeness (QED) is 0.698. The lowest BCUT2D eigenvalue weighted by Gasteiger charge is -2.09. The molecule has 2 amide bonds. The highest BCUT2D eigenvalue weighted by Crippen LogP contribution is 2.07. The van der Waals surface area contributed by atoms with Crippen LogP contribution in [-0.2, 0) is 4.79 Å². The Hall–Kier alpha value is -2.86. The minimum Gasteiger partial charge on any atom is -0.459 e. The number of benzene rings is 1. The van der Waals surface area contributed by atoms with E-state index in [1.807, 2.05) is 18.2 Å². The van der Waals surface area contributed by atoms with Crippen LogP contribution >= 0.6 is 0 Å². The zero-order valence-corrected chi connectivity index (χ0v) is 11.8. The summed E-state index contributed by atoms with van der Waals surface area (Å²) in [5.74, 6) is -0.905. The van der Waals surface area contributed by atoms with Crippen molar-refractivity contribution >= 4 is 17.9 Å². The lowest BCUT2D eigenvalue weighted by molar-refractivity contribution is -0.117. The number of carbonyl (C=O) groups is 2. The Morgan fingerprint density at radius 3 is 2.55 bits per heavy atom. The zero-order chi connectivity index (χ0) is 15.8. The molecule has 2 rings (SSSR count). The molecule has 1 heterocycles. The van der Waals surface area contributed by atoms with Crippen LogP contribution in [0.15, 0.2) is 58.8 Å². The molecule has 0 spiro atoms. The van der Waals surface area contributed by atoms with Crippen LogP contribution in [-0.4, -0.2) is 30.1 Å². The molecule has 0 saturated heterocycles. The second kappa shape index (κ2) is 7.80. The van der Waals surface area contributed by atoms with Crippen molar-refractivity contribution in [3.63, 3.8) is 0 Å². The molecule has 0 fully saturated rings. The van der Waals surface area contributed by atoms with Crippen LogP contribution in [0.25, 0.3) is 6.08 Å². The first-order valence-electron chi connectivity index (χ1n) is 6.71. The Labute approximate surface area is 127 Å². The molecule has 0 radical (unpaired) electrons. The molecule has 1 aromatic carbocycles. The number of amides is 2. The molecule has 0 aliphatic carbocycles. The number of hydrogen-bond donors (Lipinski definition) is 3. The maximum Gasteiger partial charge on any atom is 0.291 e. The number of carbonyl (C=O) groups excluding carboxylic acids is 2. The van der Waals surface area contributed by atoms with Crippen molar-refractivity contribution in [2.45, 2.75) is 0 Å². The molecule has 0 bridgehead atoms. The summed E-state index contributed by atoms with van der Waals surface area (Å²) >= 11 is 0. The van der Waals surface area contributed by atoms with E-state index < -0.39 is 11.8 Å². The molecule has 0 aliphatic heterocycles. The molecule has 6 heteroatoms. The van der Waals surface area contributed by atoms with Crippen molar-refractivity contribution in [1.82, 2.24) is 10.6 Å². The van der Waals surface area contributed by atoms with Gasteiger partial charge in [-0.2, -0.15) is 0 Å². The minimum atomic E-state index is -0.522. The second-order valence-electron chi connectivity index (χ2n) is 4.38. The highest BCUT2D eigenvalue weighted by Gasteiger charge is 2.15. The van der Waals surface area contributed by atoms with Gasteiger partial charge in [0.15, 0.2) is 5.76 Å². The molecule has 0 atom stereocenters. The fourth-order valence-electron chi connectivity index (χ4n) is 1.73. The van der Waals surface area contributed by atoms with Crippen molar-refractivity contribution in [2.75, 3.05) is 13.2 Å². The van der Waals surface area contributed by atoms with Crippen LogP contribution in [0.4, 0.5) is 0 Å². The van der Waals surface area contributed by atoms with Crippen LogP contribution < -0.4 is 10.6 Å². The smallest absolute Gasteiger partial charge is 0.291 e. The topological polar surface area (TPSA) is 91.6 Å². The van der Waals surface area contributed by atoms with E-state index in [1.54, 1.807) is 24.3 Å². The van der Waals surface area contributed by atoms with Gasteiger partial charge >= 0.3 is 0 Å². The van der Waals surface area contributed by atoms with E-state index in [2.05, 4.69) is 10.6 Å². The first-order chi connectivity index (χ1) is 10.7. The number of furan rings is 1. The molecular formula is C16H16N2O4. The van der Waals surface area contributed by atoms with Gasteiger partial charge in [-0.3, -0.25) is 9.59 Å². The van der Waals surface area contributed by atoms with Crippen LogP contribution in [0.5, 0.6) is 0 Å². The van der Waals surface area contributed by atoms with Crippen LogP contribution in [0.3, 0.4) is 0 Å². The van der Waals surface area contributed by atoms with Gasteiger partial charge in [0.2, 0.25) is 0 Å². The van der Waals surface area contributed by atoms with E-state index in [-0.39, 0.29) is 24.6 Å². The highest BCUT2D eigenvalue weighted by atomic mass is 16.3. The molecule has 3 N–H and O–H groups in total. The first kappa shape index (κ1) is 15.5. The van der Waals surface area contributed by atoms with Gasteiger partial charge in [0.1, 0.15) is 5.70 Å². The maximum absolute atomic E-state index is 12.1. The summed E-state index contributed by atoms with van der Waals surface area (Å²) in [6, 6.07) is 12.2. The number of hydrogen-bond acceptors (Lipinski definition) is 4. The second-order valence-corrected chi connectivity index (χ2v) is 4.38. The third-order valence-electron chi connectivity index (χ3n) is 2.75. The molecule has 6 nitrogen and oxygen atoms in total. The summed E-state index contributed by atoms with van der Waals surface area (Å²) < 4.78 is 5.00. The van der Waals surface area contributed by atoms with E-state index in [4.69, 9.17) is 9.52 Å². The van der Waals surface area contributed by atoms with Crippen LogP contribution in [0, 0.1) is 0 Å². The SMILES string of the molecule is O=C(NCCO)/C(=C\c1ccccc1)NC(=O)c1ccco1. The van der Waals surface area contributed by atoms with Gasteiger partial charge in [-0.05, 0) is 23.8 Å². The predicted molar refractivity (Wildman–Crippen MR) is 80.7 cm³/mol. The number of aliphatic hydroxyl groups is 1. The average molecular weight is 300 g/mol. The number of nitrogens with one attached hydrogen (secondary N) is 2. The van der Waals surface area contributed by atoms with E-state index in [9.17, 15) is 9.59 Å². The fourth-order valence-corrected chi connectivity index (χ4v) is 1.73. The van der Waals surface area contributed by atoms with Crippen molar-refractivity contribution in [2.24, 2.45) is 0 Å². The summed E-state index contributed by atoms with van der Waals surface area (Å²) in [5, 5.41) is 13.8. The number of rotatable bonds is 6. The van der Waals surface area contributed by atoms with E-state index in [0.717, 1.165) is 5.56 Å². The average Bonchev–Trinajstić information content (AvgIpc) is 3.07. The lowest BCUT2D eigenvalue weighted by atomic mass is 10.2. The molecule has 0 aliphatic rings. The number of aliphatic hydroxyl groups excluding tert-OH is 1. The van der Waals surface area contributed by atoms with Gasteiger partial charge in [-0.25, -0.2) is 0 Å². The minimum absolute atomic E-state index is 0.0704. The summed E-state index contributed by atoms with van der Waals surface area (Å²) in [6.07, 6.45) is 2.93. The highest BCUT2D eigenvalue weighted by molar-refractivity contribution is 6.04. The first-order valence-corrected chi connectivity index (χ1v) is 6.71. The largest absolute Gasteiger partial charge is 0.459 e. The van der Waals surface area contributed by atoms with Crippen molar-refractivity contribution in [3.8, 4) is 0 Å². The Kier molecular flexibility index (Phi) is 5.50. The third kappa shape index (κ3) is 4.32.